The second kappa shape index (κ2) is 54.4. The summed E-state index contributed by atoms with van der Waals surface area (Å²) in [5.74, 6) is -3.68. The van der Waals surface area contributed by atoms with E-state index in [1.54, 1.807) is 4.90 Å². The Kier molecular flexibility index (Phi) is 44.5. The number of nitrogens with two attached hydrogens (primary N) is 4. The number of amides is 9. The summed E-state index contributed by atoms with van der Waals surface area (Å²) in [5.41, 5.74) is 28.2. The molecule has 0 heterocycles. The Balaban J connectivity index is 0.000000387. The molecule has 9 amide bonds. The van der Waals surface area contributed by atoms with Crippen LogP contribution in [0.15, 0.2) is 212 Å². The molecule has 0 saturated heterocycles. The molecule has 664 valence electrons. The van der Waals surface area contributed by atoms with Gasteiger partial charge in [0.05, 0.1) is 45.8 Å². The van der Waals surface area contributed by atoms with Gasteiger partial charge in [0.25, 0.3) is 0 Å². The number of hydrogen-bond donors (Lipinski definition) is 4. The number of nitrogens with zero attached hydrogens (tertiary/aromatic N) is 11. The van der Waals surface area contributed by atoms with E-state index < -0.39 is 35.0 Å². The number of hydrogen-bond acceptors (Lipinski definition) is 17. The van der Waals surface area contributed by atoms with Gasteiger partial charge in [0.2, 0.25) is 53.2 Å². The van der Waals surface area contributed by atoms with Crippen LogP contribution in [-0.4, -0.2) is 256 Å². The molecule has 0 unspecified atom stereocenters. The maximum atomic E-state index is 14.6. The molecule has 0 fully saturated rings. The summed E-state index contributed by atoms with van der Waals surface area (Å²) in [6.45, 7) is 15.5. The lowest BCUT2D eigenvalue weighted by Crippen LogP contribution is -2.52. The van der Waals surface area contributed by atoms with Crippen LogP contribution in [0.1, 0.15) is 139 Å². The maximum absolute atomic E-state index is 14.6. The van der Waals surface area contributed by atoms with Crippen molar-refractivity contribution in [2.45, 2.75) is 151 Å². The van der Waals surface area contributed by atoms with E-state index in [0.29, 0.717) is 84.3 Å². The van der Waals surface area contributed by atoms with Gasteiger partial charge >= 0.3 is 0 Å². The predicted octanol–water partition coefficient (Wildman–Crippen LogP) is 9.02. The van der Waals surface area contributed by atoms with Crippen LogP contribution in [0.5, 0.6) is 0 Å². The van der Waals surface area contributed by atoms with Gasteiger partial charge in [0, 0.05) is 76.4 Å². The van der Waals surface area contributed by atoms with E-state index in [4.69, 9.17) is 22.9 Å². The Bertz CT molecular complexity index is 4330. The third kappa shape index (κ3) is 38.5. The summed E-state index contributed by atoms with van der Waals surface area (Å²) in [6.07, 6.45) is 5.25. The molecular formula is C97H135N15O11. The fraction of sp³-hybridized carbons (Fsp3) is 0.454. The van der Waals surface area contributed by atoms with Crippen molar-refractivity contribution < 1.29 is 52.7 Å². The van der Waals surface area contributed by atoms with Crippen molar-refractivity contribution in [2.75, 3.05) is 131 Å². The third-order valence-corrected chi connectivity index (χ3v) is 20.9. The Morgan fingerprint density at radius 1 is 0.244 bits per heavy atom. The van der Waals surface area contributed by atoms with Gasteiger partial charge in [-0.2, -0.15) is 0 Å². The highest BCUT2D eigenvalue weighted by molar-refractivity contribution is 5.94. The second-order valence-electron chi connectivity index (χ2n) is 33.5. The Morgan fingerprint density at radius 2 is 0.447 bits per heavy atom. The van der Waals surface area contributed by atoms with Crippen LogP contribution in [0.2, 0.25) is 0 Å². The molecule has 0 aromatic heterocycles. The first-order valence-corrected chi connectivity index (χ1v) is 43.0. The Morgan fingerprint density at radius 3 is 0.683 bits per heavy atom. The van der Waals surface area contributed by atoms with Gasteiger partial charge in [-0.1, -0.05) is 233 Å². The molecule has 123 heavy (non-hydrogen) atoms. The molecule has 0 spiro atoms. The number of likely N-dealkylation sites (N-methyl/N-ethyl adjacent to an activating group) is 1. The fourth-order valence-electron chi connectivity index (χ4n) is 13.5. The number of carbonyl (C=O) groups is 11. The van der Waals surface area contributed by atoms with Crippen LogP contribution in [0.25, 0.3) is 0 Å². The molecule has 0 radical (unpaired) electrons. The van der Waals surface area contributed by atoms with Crippen LogP contribution in [0.3, 0.4) is 0 Å². The molecule has 0 aliphatic carbocycles. The summed E-state index contributed by atoms with van der Waals surface area (Å²) < 4.78 is 0. The lowest BCUT2D eigenvalue weighted by molar-refractivity contribution is -0.148. The topological polar surface area (TPSA) is 327 Å². The van der Waals surface area contributed by atoms with Crippen LogP contribution in [0, 0.1) is 5.41 Å². The van der Waals surface area contributed by atoms with Gasteiger partial charge in [-0.25, -0.2) is 0 Å². The second-order valence-corrected chi connectivity index (χ2v) is 33.5. The van der Waals surface area contributed by atoms with Gasteiger partial charge in [0.1, 0.15) is 32.0 Å². The summed E-state index contributed by atoms with van der Waals surface area (Å²) >= 11 is 0. The largest absolute Gasteiger partial charge is 0.332 e. The SMILES string of the molecule is CC(=O)CN(Cc1ccccc1)C(=O)CN(Cc1ccccc1)C(=O)CN(CCCCN)C(=O)CN(Cc1ccccc1)C(=O)CN(CCCCN)C(=O)CN(Cc1ccccc1)C(C)(C)C.CN(CCCCN)CC(=O)N(CC(=O)N(CCCCN)CC(=O)N(CC(=O)N(CC(=O)C(C)(C)C)Cc1ccccc1)Cc1ccccc1)Cc1ccccc1. The smallest absolute Gasteiger partial charge is 0.242 e. The molecule has 0 aliphatic rings. The van der Waals surface area contributed by atoms with Crippen molar-refractivity contribution in [1.29, 1.82) is 0 Å². The summed E-state index contributed by atoms with van der Waals surface area (Å²) in [4.78, 5) is 171. The maximum Gasteiger partial charge on any atom is 0.242 e. The van der Waals surface area contributed by atoms with E-state index in [0.717, 1.165) is 51.8 Å². The number of benzene rings is 7. The van der Waals surface area contributed by atoms with Gasteiger partial charge in [-0.15, -0.1) is 0 Å². The first-order chi connectivity index (χ1) is 59.0. The first kappa shape index (κ1) is 101. The molecule has 0 saturated carbocycles. The molecule has 26 heteroatoms. The lowest BCUT2D eigenvalue weighted by atomic mass is 9.90. The zero-order valence-corrected chi connectivity index (χ0v) is 74.0. The number of unbranched alkanes of at least 4 members (excludes halogenated alkanes) is 4. The quantitative estimate of drug-likeness (QED) is 0.0258. The van der Waals surface area contributed by atoms with Crippen LogP contribution < -0.4 is 22.9 Å². The summed E-state index contributed by atoms with van der Waals surface area (Å²) in [5, 5.41) is 0. The highest BCUT2D eigenvalue weighted by Gasteiger charge is 2.34. The van der Waals surface area contributed by atoms with Crippen molar-refractivity contribution in [3.05, 3.63) is 251 Å². The molecular weight excluding hydrogens is 1550 g/mol. The van der Waals surface area contributed by atoms with E-state index in [-0.39, 0.29) is 165 Å². The number of ketones is 2. The molecule has 7 aromatic rings. The number of carbonyl (C=O) groups excluding carboxylic acids is 11. The van der Waals surface area contributed by atoms with Crippen molar-refractivity contribution in [3.8, 4) is 0 Å². The molecule has 26 nitrogen and oxygen atoms in total. The summed E-state index contributed by atoms with van der Waals surface area (Å²) in [7, 11) is 1.87. The van der Waals surface area contributed by atoms with Crippen LogP contribution >= 0.6 is 0 Å². The number of rotatable bonds is 52. The molecule has 0 atom stereocenters. The molecule has 8 N–H and O–H groups in total. The molecule has 7 rings (SSSR count). The van der Waals surface area contributed by atoms with E-state index >= 15 is 0 Å². The predicted molar refractivity (Wildman–Crippen MR) is 483 cm³/mol. The van der Waals surface area contributed by atoms with Gasteiger partial charge in [-0.3, -0.25) is 62.5 Å². The Labute approximate surface area is 729 Å². The minimum atomic E-state index is -0.672. The highest BCUT2D eigenvalue weighted by atomic mass is 16.2. The average molecular weight is 1690 g/mol. The third-order valence-electron chi connectivity index (χ3n) is 20.9. The minimum Gasteiger partial charge on any atom is -0.332 e. The molecule has 0 aliphatic heterocycles. The standard InChI is InChI=1S/C53H72N8O6.C44H63N7O5/c1-43(62)33-58(34-44-21-9-5-10-22-44)51(66)41-60(36-46-25-13-7-14-26-46)49(64)38-56(31-19-17-29-54)48(63)40-59(35-45-23-11-6-12-24-45)50(65)39-57(32-20-18-30-55)52(67)42-61(53(2,3)4)37-47-27-15-8-16-28-47;1-44(2,3)39(52)31-49(28-36-18-8-5-9-19-36)43(56)35-51(30-38-22-12-7-13-23-38)42(55)33-48(27-17-15-25-46)41(54)34-50(29-37-20-10-6-11-21-37)40(53)32-47(4)26-16-14-24-45/h5-16,21-28H,17-20,29-42,54-55H2,1-4H3;5-13,18-23H,14-17,24-35,45-46H2,1-4H3. The van der Waals surface area contributed by atoms with Crippen molar-refractivity contribution in [2.24, 2.45) is 28.3 Å². The fourth-order valence-corrected chi connectivity index (χ4v) is 13.5. The van der Waals surface area contributed by atoms with E-state index in [1.807, 2.05) is 245 Å². The lowest BCUT2D eigenvalue weighted by Gasteiger charge is -2.37. The normalized spacial score (nSPS) is 11.2. The van der Waals surface area contributed by atoms with Crippen molar-refractivity contribution in [1.82, 2.24) is 53.9 Å². The van der Waals surface area contributed by atoms with Crippen molar-refractivity contribution in [3.63, 3.8) is 0 Å². The first-order valence-electron chi connectivity index (χ1n) is 43.0. The van der Waals surface area contributed by atoms with E-state index in [9.17, 15) is 52.7 Å². The number of Topliss-reactive ketones (excluding diaryl/α,β-unsaturated/α-hetero) is 2. The highest BCUT2D eigenvalue weighted by Crippen LogP contribution is 2.22. The Hall–Kier alpha value is -11.1. The monoisotopic (exact) mass is 1690 g/mol. The van der Waals surface area contributed by atoms with Gasteiger partial charge in [0.15, 0.2) is 5.78 Å². The van der Waals surface area contributed by atoms with Crippen LogP contribution in [0.4, 0.5) is 0 Å². The van der Waals surface area contributed by atoms with E-state index in [1.165, 1.54) is 46.1 Å². The van der Waals surface area contributed by atoms with Crippen LogP contribution in [-0.2, 0) is 98.6 Å². The average Bonchev–Trinajstić information content (AvgIpc) is 0.845. The van der Waals surface area contributed by atoms with E-state index in [2.05, 4.69) is 25.7 Å². The van der Waals surface area contributed by atoms with Gasteiger partial charge in [-0.05, 0) is 158 Å². The zero-order valence-electron chi connectivity index (χ0n) is 74.0. The zero-order chi connectivity index (χ0) is 89.5. The molecule has 7 aromatic carbocycles. The summed E-state index contributed by atoms with van der Waals surface area (Å²) in [6, 6.07) is 66.1. The minimum absolute atomic E-state index is 0.0731. The van der Waals surface area contributed by atoms with Gasteiger partial charge < -0.3 is 67.0 Å². The molecule has 0 bridgehead atoms. The van der Waals surface area contributed by atoms with Crippen molar-refractivity contribution >= 4 is 64.7 Å².